The molecule has 1 rings (SSSR count). The van der Waals surface area contributed by atoms with Crippen molar-refractivity contribution < 1.29 is 14.3 Å². The molecule has 1 aromatic rings. The number of carboxylic acids is 1. The van der Waals surface area contributed by atoms with Crippen LogP contribution in [-0.4, -0.2) is 16.6 Å². The zero-order chi connectivity index (χ0) is 12.2. The van der Waals surface area contributed by atoms with Gasteiger partial charge in [0.2, 0.25) is 5.76 Å². The van der Waals surface area contributed by atoms with Crippen LogP contribution >= 0.6 is 0 Å². The fourth-order valence-corrected chi connectivity index (χ4v) is 1.39. The van der Waals surface area contributed by atoms with E-state index in [9.17, 15) is 4.79 Å². The maximum absolute atomic E-state index is 10.6. The molecule has 90 valence electrons. The molecule has 0 fully saturated rings. The summed E-state index contributed by atoms with van der Waals surface area (Å²) in [5, 5.41) is 12.1. The first-order chi connectivity index (χ1) is 7.50. The fourth-order valence-electron chi connectivity index (χ4n) is 1.39. The van der Waals surface area contributed by atoms with Gasteiger partial charge in [0.25, 0.3) is 0 Å². The van der Waals surface area contributed by atoms with Crippen LogP contribution in [0.2, 0.25) is 0 Å². The van der Waals surface area contributed by atoms with Gasteiger partial charge in [-0.15, -0.1) is 0 Å². The Bertz CT molecular complexity index is 353. The lowest BCUT2D eigenvalue weighted by atomic mass is 9.95. The number of hydrogen-bond acceptors (Lipinski definition) is 3. The Hall–Kier alpha value is -1.29. The molecule has 0 aliphatic rings. The minimum absolute atomic E-state index is 0.00787. The molecule has 1 aromatic heterocycles. The summed E-state index contributed by atoms with van der Waals surface area (Å²) in [4.78, 5) is 10.6. The van der Waals surface area contributed by atoms with E-state index in [4.69, 9.17) is 9.52 Å². The molecular weight excluding hydrogens is 206 g/mol. The van der Waals surface area contributed by atoms with Crippen molar-refractivity contribution in [3.05, 3.63) is 23.7 Å². The molecule has 0 unspecified atom stereocenters. The van der Waals surface area contributed by atoms with Gasteiger partial charge in [-0.2, -0.15) is 0 Å². The van der Waals surface area contributed by atoms with Gasteiger partial charge in [0.15, 0.2) is 0 Å². The Morgan fingerprint density at radius 3 is 2.50 bits per heavy atom. The van der Waals surface area contributed by atoms with Crippen molar-refractivity contribution in [2.75, 3.05) is 0 Å². The number of nitrogens with one attached hydrogen (secondary N) is 1. The predicted octanol–water partition coefficient (Wildman–Crippen LogP) is 2.65. The first-order valence-electron chi connectivity index (χ1n) is 5.58. The van der Waals surface area contributed by atoms with Gasteiger partial charge in [0.05, 0.1) is 6.54 Å². The lowest BCUT2D eigenvalue weighted by Gasteiger charge is -2.27. The van der Waals surface area contributed by atoms with Gasteiger partial charge < -0.3 is 14.8 Å². The summed E-state index contributed by atoms with van der Waals surface area (Å²) >= 11 is 0. The number of furan rings is 1. The summed E-state index contributed by atoms with van der Waals surface area (Å²) in [6.45, 7) is 6.96. The molecule has 0 aromatic carbocycles. The standard InChI is InChI=1S/C12H19NO3/c1-4-12(3,5-2)13-8-9-6-7-10(16-9)11(14)15/h6-7,13H,4-5,8H2,1-3H3,(H,14,15). The highest BCUT2D eigenvalue weighted by atomic mass is 16.4. The number of rotatable bonds is 6. The molecule has 0 saturated heterocycles. The van der Waals surface area contributed by atoms with Gasteiger partial charge in [-0.1, -0.05) is 13.8 Å². The summed E-state index contributed by atoms with van der Waals surface area (Å²) < 4.78 is 5.17. The Kier molecular flexibility index (Phi) is 4.12. The molecule has 0 saturated carbocycles. The third-order valence-electron chi connectivity index (χ3n) is 3.12. The van der Waals surface area contributed by atoms with Crippen molar-refractivity contribution in [2.45, 2.75) is 45.7 Å². The highest BCUT2D eigenvalue weighted by Gasteiger charge is 2.19. The summed E-state index contributed by atoms with van der Waals surface area (Å²) in [5.74, 6) is -0.378. The van der Waals surface area contributed by atoms with Crippen LogP contribution in [0.15, 0.2) is 16.5 Å². The van der Waals surface area contributed by atoms with E-state index >= 15 is 0 Å². The molecule has 16 heavy (non-hydrogen) atoms. The third kappa shape index (κ3) is 3.10. The van der Waals surface area contributed by atoms with E-state index in [0.29, 0.717) is 12.3 Å². The van der Waals surface area contributed by atoms with Crippen LogP contribution in [0.4, 0.5) is 0 Å². The minimum atomic E-state index is -1.03. The Morgan fingerprint density at radius 1 is 1.44 bits per heavy atom. The molecule has 0 atom stereocenters. The maximum Gasteiger partial charge on any atom is 0.371 e. The summed E-state index contributed by atoms with van der Waals surface area (Å²) in [6, 6.07) is 3.18. The second kappa shape index (κ2) is 5.16. The molecule has 0 radical (unpaired) electrons. The quantitative estimate of drug-likeness (QED) is 0.781. The van der Waals surface area contributed by atoms with Gasteiger partial charge in [0.1, 0.15) is 5.76 Å². The summed E-state index contributed by atoms with van der Waals surface area (Å²) in [7, 11) is 0. The van der Waals surface area contributed by atoms with Crippen molar-refractivity contribution >= 4 is 5.97 Å². The van der Waals surface area contributed by atoms with Gasteiger partial charge >= 0.3 is 5.97 Å². The van der Waals surface area contributed by atoms with E-state index in [1.165, 1.54) is 6.07 Å². The average molecular weight is 225 g/mol. The van der Waals surface area contributed by atoms with E-state index in [1.807, 2.05) is 0 Å². The third-order valence-corrected chi connectivity index (χ3v) is 3.12. The van der Waals surface area contributed by atoms with Gasteiger partial charge in [0, 0.05) is 5.54 Å². The smallest absolute Gasteiger partial charge is 0.371 e. The highest BCUT2D eigenvalue weighted by Crippen LogP contribution is 2.15. The van der Waals surface area contributed by atoms with Crippen LogP contribution < -0.4 is 5.32 Å². The monoisotopic (exact) mass is 225 g/mol. The molecule has 4 heteroatoms. The second-order valence-corrected chi connectivity index (χ2v) is 4.19. The highest BCUT2D eigenvalue weighted by molar-refractivity contribution is 5.84. The van der Waals surface area contributed by atoms with E-state index < -0.39 is 5.97 Å². The molecule has 0 spiro atoms. The lowest BCUT2D eigenvalue weighted by molar-refractivity contribution is 0.0660. The van der Waals surface area contributed by atoms with Gasteiger partial charge in [-0.05, 0) is 31.9 Å². The molecule has 0 bridgehead atoms. The molecule has 0 amide bonds. The largest absolute Gasteiger partial charge is 0.475 e. The first-order valence-corrected chi connectivity index (χ1v) is 5.58. The van der Waals surface area contributed by atoms with Crippen molar-refractivity contribution in [1.82, 2.24) is 5.32 Å². The minimum Gasteiger partial charge on any atom is -0.475 e. The van der Waals surface area contributed by atoms with Crippen LogP contribution in [0.5, 0.6) is 0 Å². The van der Waals surface area contributed by atoms with Crippen molar-refractivity contribution in [3.8, 4) is 0 Å². The topological polar surface area (TPSA) is 62.5 Å². The van der Waals surface area contributed by atoms with Crippen LogP contribution in [0, 0.1) is 0 Å². The molecule has 1 heterocycles. The number of aromatic carboxylic acids is 1. The Morgan fingerprint density at radius 2 is 2.06 bits per heavy atom. The number of hydrogen-bond donors (Lipinski definition) is 2. The zero-order valence-electron chi connectivity index (χ0n) is 10.0. The number of carboxylic acid groups (broad SMARTS) is 1. The molecule has 4 nitrogen and oxygen atoms in total. The van der Waals surface area contributed by atoms with Crippen molar-refractivity contribution in [3.63, 3.8) is 0 Å². The maximum atomic E-state index is 10.6. The molecule has 2 N–H and O–H groups in total. The average Bonchev–Trinajstić information content (AvgIpc) is 2.75. The first kappa shape index (κ1) is 12.8. The van der Waals surface area contributed by atoms with Crippen LogP contribution in [0.1, 0.15) is 49.9 Å². The van der Waals surface area contributed by atoms with E-state index in [2.05, 4.69) is 26.1 Å². The molecule has 0 aliphatic carbocycles. The van der Waals surface area contributed by atoms with Gasteiger partial charge in [-0.25, -0.2) is 4.79 Å². The van der Waals surface area contributed by atoms with Crippen LogP contribution in [0.3, 0.4) is 0 Å². The van der Waals surface area contributed by atoms with E-state index in [0.717, 1.165) is 12.8 Å². The summed E-state index contributed by atoms with van der Waals surface area (Å²) in [5.41, 5.74) is 0.0795. The predicted molar refractivity (Wildman–Crippen MR) is 61.5 cm³/mol. The Labute approximate surface area is 95.7 Å². The van der Waals surface area contributed by atoms with Crippen molar-refractivity contribution in [1.29, 1.82) is 0 Å². The van der Waals surface area contributed by atoms with Gasteiger partial charge in [-0.3, -0.25) is 0 Å². The fraction of sp³-hybridized carbons (Fsp3) is 0.583. The number of carbonyl (C=O) groups is 1. The lowest BCUT2D eigenvalue weighted by Crippen LogP contribution is -2.40. The van der Waals surface area contributed by atoms with Crippen molar-refractivity contribution in [2.24, 2.45) is 0 Å². The normalized spacial score (nSPS) is 11.7. The zero-order valence-corrected chi connectivity index (χ0v) is 10.0. The molecule has 0 aliphatic heterocycles. The molecular formula is C12H19NO3. The second-order valence-electron chi connectivity index (χ2n) is 4.19. The van der Waals surface area contributed by atoms with E-state index in [-0.39, 0.29) is 11.3 Å². The van der Waals surface area contributed by atoms with Crippen LogP contribution in [0.25, 0.3) is 0 Å². The Balaban J connectivity index is 2.57. The summed E-state index contributed by atoms with van der Waals surface area (Å²) in [6.07, 6.45) is 2.05. The van der Waals surface area contributed by atoms with E-state index in [1.54, 1.807) is 6.07 Å². The SMILES string of the molecule is CCC(C)(CC)NCc1ccc(C(=O)O)o1. The van der Waals surface area contributed by atoms with Crippen LogP contribution in [-0.2, 0) is 6.54 Å².